The van der Waals surface area contributed by atoms with Gasteiger partial charge >= 0.3 is 0 Å². The van der Waals surface area contributed by atoms with E-state index in [9.17, 15) is 14.9 Å². The lowest BCUT2D eigenvalue weighted by atomic mass is 10.2. The number of hydrogen-bond donors (Lipinski definition) is 1. The topological polar surface area (TPSA) is 117 Å². The van der Waals surface area contributed by atoms with Crippen molar-refractivity contribution < 1.29 is 14.5 Å². The van der Waals surface area contributed by atoms with Gasteiger partial charge in [0.15, 0.2) is 5.69 Å². The Labute approximate surface area is 176 Å². The van der Waals surface area contributed by atoms with Gasteiger partial charge in [0.2, 0.25) is 0 Å². The van der Waals surface area contributed by atoms with E-state index >= 15 is 0 Å². The van der Waals surface area contributed by atoms with Crippen LogP contribution in [0.4, 0.5) is 11.4 Å². The summed E-state index contributed by atoms with van der Waals surface area (Å²) in [5.74, 6) is 0.308. The van der Waals surface area contributed by atoms with Crippen LogP contribution in [0.2, 0.25) is 0 Å². The van der Waals surface area contributed by atoms with Crippen LogP contribution in [-0.4, -0.2) is 30.4 Å². The van der Waals surface area contributed by atoms with Crippen LogP contribution in [0.5, 0.6) is 11.5 Å². The maximum atomic E-state index is 12.6. The van der Waals surface area contributed by atoms with Crippen LogP contribution in [-0.2, 0) is 6.67 Å². The predicted octanol–water partition coefficient (Wildman–Crippen LogP) is 3.85. The number of nitrogens with one attached hydrogen (secondary N) is 1. The zero-order valence-corrected chi connectivity index (χ0v) is 16.5. The third-order valence-corrected chi connectivity index (χ3v) is 4.40. The van der Waals surface area contributed by atoms with E-state index in [2.05, 4.69) is 15.5 Å². The second-order valence-electron chi connectivity index (χ2n) is 6.72. The van der Waals surface area contributed by atoms with Crippen molar-refractivity contribution in [2.45, 2.75) is 13.6 Å². The summed E-state index contributed by atoms with van der Waals surface area (Å²) in [4.78, 5) is 23.4. The minimum absolute atomic E-state index is 0.167. The van der Waals surface area contributed by atoms with Gasteiger partial charge in [0.1, 0.15) is 18.2 Å². The predicted molar refractivity (Wildman–Crippen MR) is 112 cm³/mol. The summed E-state index contributed by atoms with van der Waals surface area (Å²) in [6.07, 6.45) is 5.08. The molecule has 4 rings (SSSR count). The number of carbonyl (C=O) groups excluding carboxylic acids is 1. The van der Waals surface area contributed by atoms with E-state index in [0.717, 1.165) is 5.56 Å². The largest absolute Gasteiger partial charge is 0.457 e. The van der Waals surface area contributed by atoms with Gasteiger partial charge < -0.3 is 10.1 Å². The molecule has 0 aliphatic carbocycles. The van der Waals surface area contributed by atoms with Gasteiger partial charge in [-0.15, -0.1) is 0 Å². The second-order valence-corrected chi connectivity index (χ2v) is 6.72. The first-order valence-electron chi connectivity index (χ1n) is 9.33. The average Bonchev–Trinajstić information content (AvgIpc) is 3.42. The highest BCUT2D eigenvalue weighted by Crippen LogP contribution is 2.31. The van der Waals surface area contributed by atoms with Crippen LogP contribution in [0.1, 0.15) is 16.1 Å². The van der Waals surface area contributed by atoms with E-state index < -0.39 is 10.8 Å². The van der Waals surface area contributed by atoms with Crippen molar-refractivity contribution >= 4 is 17.3 Å². The van der Waals surface area contributed by atoms with Crippen LogP contribution < -0.4 is 10.1 Å². The highest BCUT2D eigenvalue weighted by Gasteiger charge is 2.16. The van der Waals surface area contributed by atoms with Crippen molar-refractivity contribution in [3.8, 4) is 11.5 Å². The molecule has 0 atom stereocenters. The number of anilines is 1. The van der Waals surface area contributed by atoms with Crippen molar-refractivity contribution in [1.82, 2.24) is 19.6 Å². The van der Waals surface area contributed by atoms with Crippen LogP contribution in [0.25, 0.3) is 0 Å². The van der Waals surface area contributed by atoms with Crippen molar-refractivity contribution in [2.24, 2.45) is 0 Å². The van der Waals surface area contributed by atoms with Crippen molar-refractivity contribution in [1.29, 1.82) is 0 Å². The number of non-ortho nitro benzene ring substituents is 1. The number of para-hydroxylation sites is 1. The first-order chi connectivity index (χ1) is 15.0. The highest BCUT2D eigenvalue weighted by atomic mass is 16.6. The fourth-order valence-corrected chi connectivity index (χ4v) is 2.91. The molecule has 0 unspecified atom stereocenters. The number of ether oxygens (including phenoxy) is 1. The van der Waals surface area contributed by atoms with E-state index in [0.29, 0.717) is 12.4 Å². The lowest BCUT2D eigenvalue weighted by Crippen LogP contribution is -2.15. The molecule has 0 aliphatic heterocycles. The Morgan fingerprint density at radius 2 is 1.97 bits per heavy atom. The van der Waals surface area contributed by atoms with Crippen LogP contribution in [0.3, 0.4) is 0 Å². The van der Waals surface area contributed by atoms with E-state index in [4.69, 9.17) is 4.74 Å². The van der Waals surface area contributed by atoms with Gasteiger partial charge in [-0.2, -0.15) is 10.2 Å². The number of carbonyl (C=O) groups is 1. The van der Waals surface area contributed by atoms with Gasteiger partial charge in [-0.3, -0.25) is 24.3 Å². The second kappa shape index (κ2) is 8.49. The molecule has 0 radical (unpaired) electrons. The van der Waals surface area contributed by atoms with E-state index in [1.807, 2.05) is 25.1 Å². The molecule has 2 aromatic heterocycles. The van der Waals surface area contributed by atoms with Crippen molar-refractivity contribution in [2.75, 3.05) is 5.32 Å². The minimum Gasteiger partial charge on any atom is -0.457 e. The number of nitro groups is 1. The average molecular weight is 418 g/mol. The van der Waals surface area contributed by atoms with E-state index in [-0.39, 0.29) is 22.8 Å². The Kier molecular flexibility index (Phi) is 5.43. The molecule has 10 nitrogen and oxygen atoms in total. The number of amides is 1. The molecule has 31 heavy (non-hydrogen) atoms. The van der Waals surface area contributed by atoms with Crippen molar-refractivity contribution in [3.05, 3.63) is 94.6 Å². The number of hydrogen-bond acceptors (Lipinski definition) is 6. The van der Waals surface area contributed by atoms with Gasteiger partial charge in [-0.25, -0.2) is 0 Å². The molecule has 0 spiro atoms. The quantitative estimate of drug-likeness (QED) is 0.360. The molecular weight excluding hydrogens is 400 g/mol. The Morgan fingerprint density at radius 3 is 2.71 bits per heavy atom. The number of rotatable bonds is 7. The molecule has 156 valence electrons. The lowest BCUT2D eigenvalue weighted by molar-refractivity contribution is -0.384. The number of aryl methyl sites for hydroxylation is 1. The smallest absolute Gasteiger partial charge is 0.276 e. The Morgan fingerprint density at radius 1 is 1.13 bits per heavy atom. The summed E-state index contributed by atoms with van der Waals surface area (Å²) in [6, 6.07) is 14.8. The van der Waals surface area contributed by atoms with Gasteiger partial charge in [-0.1, -0.05) is 18.2 Å². The first kappa shape index (κ1) is 19.8. The van der Waals surface area contributed by atoms with Crippen LogP contribution in [0, 0.1) is 17.0 Å². The molecule has 4 aromatic rings. The lowest BCUT2D eigenvalue weighted by Gasteiger charge is -2.10. The van der Waals surface area contributed by atoms with E-state index in [1.165, 1.54) is 18.2 Å². The molecule has 1 N–H and O–H groups in total. The molecule has 2 heterocycles. The summed E-state index contributed by atoms with van der Waals surface area (Å²) in [5, 5.41) is 22.3. The number of benzene rings is 2. The maximum absolute atomic E-state index is 12.6. The normalized spacial score (nSPS) is 10.6. The monoisotopic (exact) mass is 418 g/mol. The first-order valence-corrected chi connectivity index (χ1v) is 9.33. The number of nitro benzene ring substituents is 1. The summed E-state index contributed by atoms with van der Waals surface area (Å²) < 4.78 is 9.02. The molecule has 0 saturated carbocycles. The zero-order valence-electron chi connectivity index (χ0n) is 16.5. The summed E-state index contributed by atoms with van der Waals surface area (Å²) in [6.45, 7) is 2.22. The SMILES string of the molecule is Cc1ccccc1Oc1cc(NC(=O)c2ccn(Cn3cccn3)n2)cc([N+](=O)[O-])c1. The zero-order chi connectivity index (χ0) is 21.8. The summed E-state index contributed by atoms with van der Waals surface area (Å²) in [5.41, 5.74) is 1.07. The third kappa shape index (κ3) is 4.75. The van der Waals surface area contributed by atoms with Gasteiger partial charge in [0.05, 0.1) is 16.7 Å². The molecule has 0 bridgehead atoms. The fourth-order valence-electron chi connectivity index (χ4n) is 2.91. The molecule has 2 aromatic carbocycles. The molecule has 1 amide bonds. The standard InChI is InChI=1S/C21H18N6O4/c1-15-5-2-3-6-20(15)31-18-12-16(11-17(13-18)27(29)30)23-21(28)19-7-10-26(24-19)14-25-9-4-8-22-25/h2-13H,14H2,1H3,(H,23,28). The van der Waals surface area contributed by atoms with Gasteiger partial charge in [-0.05, 0) is 30.7 Å². The van der Waals surface area contributed by atoms with Crippen LogP contribution in [0.15, 0.2) is 73.2 Å². The highest BCUT2D eigenvalue weighted by molar-refractivity contribution is 6.03. The molecular formula is C21H18N6O4. The van der Waals surface area contributed by atoms with Gasteiger partial charge in [0.25, 0.3) is 11.6 Å². The maximum Gasteiger partial charge on any atom is 0.276 e. The number of nitrogens with zero attached hydrogens (tertiary/aromatic N) is 5. The molecule has 0 aliphatic rings. The van der Waals surface area contributed by atoms with E-state index in [1.54, 1.807) is 46.2 Å². The Bertz CT molecular complexity index is 1230. The molecule has 0 saturated heterocycles. The molecule has 0 fully saturated rings. The third-order valence-electron chi connectivity index (χ3n) is 4.40. The van der Waals surface area contributed by atoms with Gasteiger partial charge in [0, 0.05) is 30.7 Å². The summed E-state index contributed by atoms with van der Waals surface area (Å²) >= 11 is 0. The summed E-state index contributed by atoms with van der Waals surface area (Å²) in [7, 11) is 0. The van der Waals surface area contributed by atoms with Crippen molar-refractivity contribution in [3.63, 3.8) is 0 Å². The number of aromatic nitrogens is 4. The van der Waals surface area contributed by atoms with Crippen LogP contribution >= 0.6 is 0 Å². The molecule has 10 heteroatoms. The Hall–Kier alpha value is -4.47. The minimum atomic E-state index is -0.542. The Balaban J connectivity index is 1.54. The fraction of sp³-hybridized carbons (Fsp3) is 0.0952.